The highest BCUT2D eigenvalue weighted by Gasteiger charge is 2.57. The Kier molecular flexibility index (Phi) is 18.3. The Balaban J connectivity index is 1.18. The van der Waals surface area contributed by atoms with Gasteiger partial charge in [-0.15, -0.1) is 0 Å². The minimum atomic E-state index is -5.23. The second-order valence-electron chi connectivity index (χ2n) is 20.7. The summed E-state index contributed by atoms with van der Waals surface area (Å²) in [6, 6.07) is 5.49. The van der Waals surface area contributed by atoms with Crippen LogP contribution in [-0.2, 0) is 36.8 Å². The van der Waals surface area contributed by atoms with E-state index in [4.69, 9.17) is 4.74 Å². The number of amides is 4. The molecule has 6 atom stereocenters. The lowest BCUT2D eigenvalue weighted by molar-refractivity contribution is -0.221. The van der Waals surface area contributed by atoms with Gasteiger partial charge in [-0.1, -0.05) is 24.0 Å². The number of ether oxygens (including phenoxy) is 3. The number of hydrogen-bond acceptors (Lipinski definition) is 13. The van der Waals surface area contributed by atoms with Gasteiger partial charge in [0.15, 0.2) is 0 Å². The van der Waals surface area contributed by atoms with Crippen LogP contribution in [-0.4, -0.2) is 156 Å². The molecule has 6 heterocycles. The summed E-state index contributed by atoms with van der Waals surface area (Å²) in [5.74, 6) is 0.811. The fourth-order valence-corrected chi connectivity index (χ4v) is 9.29. The number of hydrogen-bond donors (Lipinski definition) is 5. The number of carbonyl (C=O) groups is 4. The third kappa shape index (κ3) is 13.7. The fourth-order valence-electron chi connectivity index (χ4n) is 9.29. The Bertz CT molecular complexity index is 2890. The Labute approximate surface area is 452 Å². The van der Waals surface area contributed by atoms with E-state index in [1.165, 1.54) is 12.1 Å². The zero-order valence-corrected chi connectivity index (χ0v) is 43.9. The number of hydrazine groups is 1. The van der Waals surface area contributed by atoms with Crippen molar-refractivity contribution in [3.05, 3.63) is 101 Å². The molecule has 434 valence electrons. The maximum atomic E-state index is 16.0. The second kappa shape index (κ2) is 24.2. The number of alkyl halides is 8. The normalized spacial score (nSPS) is 18.4. The molecule has 18 nitrogen and oxygen atoms in total. The Hall–Kier alpha value is -7.22. The molecular formula is C52H58F10N10O8. The first-order chi connectivity index (χ1) is 37.5. The van der Waals surface area contributed by atoms with Crippen molar-refractivity contribution in [3.8, 4) is 23.0 Å². The van der Waals surface area contributed by atoms with Gasteiger partial charge in [-0.3, -0.25) is 19.9 Å². The van der Waals surface area contributed by atoms with Gasteiger partial charge in [0.1, 0.15) is 29.5 Å². The number of halogens is 10. The summed E-state index contributed by atoms with van der Waals surface area (Å²) in [5, 5.41) is 21.9. The number of anilines is 1. The third-order valence-corrected chi connectivity index (χ3v) is 14.5. The molecule has 4 aromatic rings. The maximum absolute atomic E-state index is 16.0. The standard InChI is InChI=1S/C52H58F10N10O8/c1-49(2,51(57,58)59)42(66-47(76)78-5)44(74)65-39(15-29-10-7-28(8-11-29)9-12-30-13-14-41(63-19-30)72-33-18-34(72)23-69(22-33)35-26-80-27-35)40(73)25-70(68-45(75)43(67-48(77)79-6)50(3,4)52(60,61)62)24-36-37(53)16-31(17-38(36)54)32-20-64-71(21-32)46(55)56/h7-8,10-11,13-14,16-17,19-21,33-35,39-40,42-43,46,73H,15,18,22-27H2,1-6H3,(H,65,74)(H,66,76)(H,67,77)(H,68,75)/t33?,34?,39-,40-,42+,43+/m0/s1. The van der Waals surface area contributed by atoms with Crippen LogP contribution in [0, 0.1) is 34.3 Å². The van der Waals surface area contributed by atoms with Crippen molar-refractivity contribution in [3.63, 3.8) is 0 Å². The van der Waals surface area contributed by atoms with Gasteiger partial charge >= 0.3 is 31.1 Å². The number of benzene rings is 2. The van der Waals surface area contributed by atoms with Crippen LogP contribution >= 0.6 is 0 Å². The molecule has 4 aliphatic heterocycles. The molecule has 0 radical (unpaired) electrons. The Morgan fingerprint density at radius 3 is 1.81 bits per heavy atom. The lowest BCUT2D eigenvalue weighted by atomic mass is 9.82. The van der Waals surface area contributed by atoms with E-state index in [-0.39, 0.29) is 21.4 Å². The number of rotatable bonds is 19. The van der Waals surface area contributed by atoms with E-state index in [2.05, 4.69) is 46.5 Å². The first-order valence-corrected chi connectivity index (χ1v) is 24.8. The molecule has 8 rings (SSSR count). The van der Waals surface area contributed by atoms with E-state index in [1.807, 2.05) is 22.9 Å². The fraction of sp³-hybridized carbons (Fsp3) is 0.500. The van der Waals surface area contributed by atoms with E-state index in [1.54, 1.807) is 23.6 Å². The van der Waals surface area contributed by atoms with Gasteiger partial charge in [0, 0.05) is 72.9 Å². The number of aliphatic hydroxyl groups excluding tert-OH is 1. The quantitative estimate of drug-likeness (QED) is 0.0402. The van der Waals surface area contributed by atoms with Crippen LogP contribution in [0.5, 0.6) is 0 Å². The van der Waals surface area contributed by atoms with Crippen molar-refractivity contribution >= 4 is 29.8 Å². The van der Waals surface area contributed by atoms with Crippen LogP contribution < -0.4 is 26.3 Å². The van der Waals surface area contributed by atoms with Crippen LogP contribution in [0.4, 0.5) is 59.3 Å². The van der Waals surface area contributed by atoms with Gasteiger partial charge in [0.05, 0.1) is 62.6 Å². The summed E-state index contributed by atoms with van der Waals surface area (Å²) < 4.78 is 160. The zero-order valence-electron chi connectivity index (χ0n) is 43.9. The number of piperidine rings is 1. The molecule has 0 spiro atoms. The molecule has 80 heavy (non-hydrogen) atoms. The van der Waals surface area contributed by atoms with E-state index < -0.39 is 115 Å². The number of alkyl carbamates (subject to hydrolysis) is 2. The van der Waals surface area contributed by atoms with Gasteiger partial charge in [-0.25, -0.2) is 33.0 Å². The first kappa shape index (κ1) is 60.4. The summed E-state index contributed by atoms with van der Waals surface area (Å²) in [5.41, 5.74) is -4.22. The van der Waals surface area contributed by atoms with E-state index in [0.29, 0.717) is 74.1 Å². The van der Waals surface area contributed by atoms with Crippen LogP contribution in [0.2, 0.25) is 0 Å². The topological polar surface area (TPSA) is 205 Å². The predicted octanol–water partition coefficient (Wildman–Crippen LogP) is 6.23. The number of piperazine rings is 1. The monoisotopic (exact) mass is 1140 g/mol. The third-order valence-electron chi connectivity index (χ3n) is 14.5. The second-order valence-corrected chi connectivity index (χ2v) is 20.7. The summed E-state index contributed by atoms with van der Waals surface area (Å²) >= 11 is 0. The molecule has 0 aliphatic carbocycles. The van der Waals surface area contributed by atoms with Gasteiger partial charge in [-0.2, -0.15) is 40.2 Å². The molecule has 4 aliphatic rings. The molecule has 2 aromatic carbocycles. The van der Waals surface area contributed by atoms with Crippen molar-refractivity contribution < 1.29 is 82.4 Å². The van der Waals surface area contributed by atoms with Crippen LogP contribution in [0.1, 0.15) is 62.9 Å². The Morgan fingerprint density at radius 2 is 1.32 bits per heavy atom. The number of fused-ring (bicyclic) bond motifs is 2. The minimum Gasteiger partial charge on any atom is -0.453 e. The molecule has 4 amide bonds. The average Bonchev–Trinajstić information content (AvgIpc) is 3.88. The van der Waals surface area contributed by atoms with Crippen molar-refractivity contribution in [1.29, 1.82) is 0 Å². The summed E-state index contributed by atoms with van der Waals surface area (Å²) in [7, 11) is 1.60. The number of nitrogens with zero attached hydrogens (tertiary/aromatic N) is 6. The van der Waals surface area contributed by atoms with Crippen molar-refractivity contribution in [2.45, 2.75) is 108 Å². The number of aliphatic hydroxyl groups is 1. The Morgan fingerprint density at radius 1 is 0.775 bits per heavy atom. The van der Waals surface area contributed by atoms with Gasteiger partial charge in [0.2, 0.25) is 5.91 Å². The molecule has 2 aromatic heterocycles. The minimum absolute atomic E-state index is 0.174. The van der Waals surface area contributed by atoms with Crippen molar-refractivity contribution in [1.82, 2.24) is 46.0 Å². The highest BCUT2D eigenvalue weighted by molar-refractivity contribution is 5.87. The van der Waals surface area contributed by atoms with Crippen LogP contribution in [0.15, 0.2) is 67.1 Å². The van der Waals surface area contributed by atoms with Gasteiger partial charge in [-0.05, 0) is 88.1 Å². The van der Waals surface area contributed by atoms with Crippen molar-refractivity contribution in [2.75, 3.05) is 52.0 Å². The summed E-state index contributed by atoms with van der Waals surface area (Å²) in [6.07, 6.45) is -11.6. The molecular weight excluding hydrogens is 1080 g/mol. The molecule has 2 unspecified atom stereocenters. The largest absolute Gasteiger partial charge is 0.453 e. The maximum Gasteiger partial charge on any atom is 0.407 e. The molecule has 4 fully saturated rings. The molecule has 0 saturated carbocycles. The lowest BCUT2D eigenvalue weighted by Gasteiger charge is -2.59. The molecule has 2 bridgehead atoms. The van der Waals surface area contributed by atoms with Gasteiger partial charge in [0.25, 0.3) is 5.91 Å². The predicted molar refractivity (Wildman–Crippen MR) is 265 cm³/mol. The highest BCUT2D eigenvalue weighted by Crippen LogP contribution is 2.42. The van der Waals surface area contributed by atoms with Crippen molar-refractivity contribution in [2.24, 2.45) is 10.8 Å². The molecule has 28 heteroatoms. The first-order valence-electron chi connectivity index (χ1n) is 24.8. The van der Waals surface area contributed by atoms with Gasteiger partial charge < -0.3 is 40.2 Å². The number of aromatic nitrogens is 3. The van der Waals surface area contributed by atoms with Crippen LogP contribution in [0.25, 0.3) is 11.1 Å². The number of methoxy groups -OCH3 is 2. The summed E-state index contributed by atoms with van der Waals surface area (Å²) in [4.78, 5) is 62.3. The average molecular weight is 1140 g/mol. The lowest BCUT2D eigenvalue weighted by Crippen LogP contribution is -2.72. The van der Waals surface area contributed by atoms with Crippen LogP contribution in [0.3, 0.4) is 0 Å². The molecule has 4 saturated heterocycles. The summed E-state index contributed by atoms with van der Waals surface area (Å²) in [6.45, 7) is 0.201. The van der Waals surface area contributed by atoms with E-state index in [0.717, 1.165) is 65.2 Å². The smallest absolute Gasteiger partial charge is 0.407 e. The number of pyridine rings is 1. The van der Waals surface area contributed by atoms with E-state index >= 15 is 8.78 Å². The highest BCUT2D eigenvalue weighted by atomic mass is 19.4. The number of nitrogens with one attached hydrogen (secondary N) is 4. The number of carbonyl (C=O) groups excluding carboxylic acids is 4. The SMILES string of the molecule is COC(=O)N[C@H](C(=O)N[C@@H](Cc1ccc(C#Cc2ccc(N3C4CC3CN(C3COC3)C4)nc2)cc1)[C@@H](O)CN(Cc1c(F)cc(-c2cnn(C(F)F)c2)cc1F)NC(=O)[C@@H](NC(=O)OC)C(C)(C)C(F)(F)F)C(C)(C)C(F)(F)F. The zero-order chi connectivity index (χ0) is 58.6. The molecule has 5 N–H and O–H groups in total. The van der Waals surface area contributed by atoms with E-state index in [9.17, 15) is 59.4 Å².